The first kappa shape index (κ1) is 26.0. The average molecular weight is 470 g/mol. The number of ether oxygens (including phenoxy) is 5. The summed E-state index contributed by atoms with van der Waals surface area (Å²) in [5.41, 5.74) is -0.0647. The molecule has 13 nitrogen and oxygen atoms in total. The number of rotatable bonds is 8. The molecule has 13 heteroatoms. The van der Waals surface area contributed by atoms with Crippen LogP contribution in [0.15, 0.2) is 24.3 Å². The Bertz CT molecular complexity index is 875. The van der Waals surface area contributed by atoms with Gasteiger partial charge in [-0.05, 0) is 6.07 Å². The molecule has 0 aromatic heterocycles. The molecule has 1 aromatic rings. The zero-order valence-electron chi connectivity index (χ0n) is 18.4. The molecule has 3 N–H and O–H groups in total. The molecular weight excluding hydrogens is 444 g/mol. The van der Waals surface area contributed by atoms with Crippen molar-refractivity contribution in [3.05, 3.63) is 29.5 Å². The van der Waals surface area contributed by atoms with Crippen LogP contribution in [-0.2, 0) is 38.1 Å². The third-order valence-electron chi connectivity index (χ3n) is 4.40. The number of carbonyl (C=O) groups excluding carboxylic acids is 4. The summed E-state index contributed by atoms with van der Waals surface area (Å²) in [5, 5.41) is 21.8. The normalized spacial score (nSPS) is 25.3. The maximum atomic E-state index is 11.9. The predicted molar refractivity (Wildman–Crippen MR) is 107 cm³/mol. The summed E-state index contributed by atoms with van der Waals surface area (Å²) in [6.07, 6.45) is -5.01. The molecule has 0 saturated carbocycles. The van der Waals surface area contributed by atoms with Crippen molar-refractivity contribution in [3.63, 3.8) is 0 Å². The van der Waals surface area contributed by atoms with Gasteiger partial charge < -0.3 is 34.2 Å². The van der Waals surface area contributed by atoms with Crippen LogP contribution in [-0.4, -0.2) is 66.3 Å². The molecule has 1 amide bonds. The van der Waals surface area contributed by atoms with Crippen LogP contribution in [0.4, 0.5) is 5.69 Å². The van der Waals surface area contributed by atoms with Crippen LogP contribution in [0.1, 0.15) is 27.7 Å². The van der Waals surface area contributed by atoms with Crippen molar-refractivity contribution in [2.45, 2.75) is 58.3 Å². The Kier molecular flexibility index (Phi) is 9.11. The molecule has 1 fully saturated rings. The van der Waals surface area contributed by atoms with Crippen LogP contribution < -0.4 is 15.3 Å². The fraction of sp³-hybridized carbons (Fsp3) is 0.500. The van der Waals surface area contributed by atoms with Crippen LogP contribution in [0.5, 0.6) is 5.75 Å². The van der Waals surface area contributed by atoms with E-state index in [1.165, 1.54) is 38.1 Å². The van der Waals surface area contributed by atoms with Gasteiger partial charge in [0.05, 0.1) is 0 Å². The molecule has 33 heavy (non-hydrogen) atoms. The van der Waals surface area contributed by atoms with E-state index in [1.807, 2.05) is 0 Å². The highest BCUT2D eigenvalue weighted by Crippen LogP contribution is 2.29. The molecule has 1 unspecified atom stereocenters. The van der Waals surface area contributed by atoms with Crippen LogP contribution >= 0.6 is 0 Å². The van der Waals surface area contributed by atoms with Gasteiger partial charge in [-0.3, -0.25) is 19.2 Å². The topological polar surface area (TPSA) is 174 Å². The Labute approximate surface area is 189 Å². The SMILES string of the molecule is CC(=O)N[C@@H]1[C@H](Oc2cccc([NH+]([O-])O)c2)O[C@H](COC(C)=O)[C@@H](OC(C)=O)[C@@H]1OC(C)=O. The van der Waals surface area contributed by atoms with Gasteiger partial charge in [0.1, 0.15) is 24.5 Å². The predicted octanol–water partition coefficient (Wildman–Crippen LogP) is -0.875. The van der Waals surface area contributed by atoms with Gasteiger partial charge >= 0.3 is 17.9 Å². The fourth-order valence-electron chi connectivity index (χ4n) is 3.23. The van der Waals surface area contributed by atoms with E-state index in [2.05, 4.69) is 5.32 Å². The highest BCUT2D eigenvalue weighted by Gasteiger charge is 2.52. The van der Waals surface area contributed by atoms with Gasteiger partial charge in [-0.2, -0.15) is 5.23 Å². The van der Waals surface area contributed by atoms with Gasteiger partial charge in [-0.15, -0.1) is 0 Å². The summed E-state index contributed by atoms with van der Waals surface area (Å²) >= 11 is 0. The molecule has 1 saturated heterocycles. The Balaban J connectivity index is 2.46. The summed E-state index contributed by atoms with van der Waals surface area (Å²) in [6, 6.07) is 4.32. The van der Waals surface area contributed by atoms with E-state index in [-0.39, 0.29) is 18.0 Å². The van der Waals surface area contributed by atoms with Crippen molar-refractivity contribution in [1.82, 2.24) is 5.32 Å². The van der Waals surface area contributed by atoms with E-state index in [4.69, 9.17) is 23.7 Å². The number of nitrogens with one attached hydrogen (secondary N) is 2. The Morgan fingerprint density at radius 3 is 2.24 bits per heavy atom. The van der Waals surface area contributed by atoms with Crippen LogP contribution in [0.2, 0.25) is 0 Å². The van der Waals surface area contributed by atoms with Crippen molar-refractivity contribution >= 4 is 29.5 Å². The molecular formula is C20H26N2O11. The van der Waals surface area contributed by atoms with Gasteiger partial charge in [0.2, 0.25) is 12.2 Å². The lowest BCUT2D eigenvalue weighted by Gasteiger charge is -2.44. The maximum absolute atomic E-state index is 11.9. The molecule has 1 aromatic carbocycles. The van der Waals surface area contributed by atoms with Crippen LogP contribution in [0.3, 0.4) is 0 Å². The number of carbonyl (C=O) groups is 4. The standard InChI is InChI=1S/C20H26N2O11/c1-10(23)21-17-19(31-13(4)26)18(30-12(3)25)16(9-29-11(2)24)33-20(17)32-15-7-5-6-14(8-15)22(27)28/h5-8,16-20,22,27H,9H2,1-4H3,(H,21,23)/t16-,17+,18-,19-,20-/m1/s1. The summed E-state index contributed by atoms with van der Waals surface area (Å²) in [6.45, 7) is 4.24. The van der Waals surface area contributed by atoms with Gasteiger partial charge in [0.15, 0.2) is 17.9 Å². The Morgan fingerprint density at radius 1 is 1.06 bits per heavy atom. The lowest BCUT2D eigenvalue weighted by Crippen LogP contribution is -2.99. The first-order valence-electron chi connectivity index (χ1n) is 9.88. The zero-order valence-corrected chi connectivity index (χ0v) is 18.4. The highest BCUT2D eigenvalue weighted by molar-refractivity contribution is 5.73. The molecule has 0 aliphatic carbocycles. The van der Waals surface area contributed by atoms with Gasteiger partial charge in [0.25, 0.3) is 0 Å². The minimum Gasteiger partial charge on any atom is -0.595 e. The fourth-order valence-corrected chi connectivity index (χ4v) is 3.23. The third-order valence-corrected chi connectivity index (χ3v) is 4.40. The molecule has 0 spiro atoms. The van der Waals surface area contributed by atoms with E-state index >= 15 is 0 Å². The molecule has 0 bridgehead atoms. The van der Waals surface area contributed by atoms with E-state index in [0.717, 1.165) is 13.8 Å². The summed E-state index contributed by atoms with van der Waals surface area (Å²) in [4.78, 5) is 46.8. The highest BCUT2D eigenvalue weighted by atomic mass is 16.8. The second-order valence-electron chi connectivity index (χ2n) is 7.17. The monoisotopic (exact) mass is 470 g/mol. The molecule has 1 aliphatic rings. The number of esters is 3. The van der Waals surface area contributed by atoms with Crippen molar-refractivity contribution in [2.75, 3.05) is 6.61 Å². The van der Waals surface area contributed by atoms with Gasteiger partial charge in [-0.25, -0.2) is 5.21 Å². The zero-order chi connectivity index (χ0) is 24.7. The molecule has 0 radical (unpaired) electrons. The lowest BCUT2D eigenvalue weighted by atomic mass is 9.96. The largest absolute Gasteiger partial charge is 0.595 e. The minimum absolute atomic E-state index is 0.0647. The Morgan fingerprint density at radius 2 is 1.70 bits per heavy atom. The van der Waals surface area contributed by atoms with E-state index in [0.29, 0.717) is 0 Å². The van der Waals surface area contributed by atoms with Crippen molar-refractivity contribution in [3.8, 4) is 5.75 Å². The van der Waals surface area contributed by atoms with Crippen LogP contribution in [0.25, 0.3) is 0 Å². The molecule has 1 aliphatic heterocycles. The lowest BCUT2D eigenvalue weighted by molar-refractivity contribution is -0.991. The molecule has 2 rings (SSSR count). The molecule has 182 valence electrons. The van der Waals surface area contributed by atoms with E-state index in [1.54, 1.807) is 0 Å². The number of amides is 1. The second-order valence-corrected chi connectivity index (χ2v) is 7.17. The van der Waals surface area contributed by atoms with Gasteiger partial charge in [-0.1, -0.05) is 6.07 Å². The minimum atomic E-state index is -1.34. The van der Waals surface area contributed by atoms with Crippen molar-refractivity contribution in [1.29, 1.82) is 0 Å². The smallest absolute Gasteiger partial charge is 0.303 e. The van der Waals surface area contributed by atoms with Crippen LogP contribution in [0, 0.1) is 5.21 Å². The quantitative estimate of drug-likeness (QED) is 0.245. The summed E-state index contributed by atoms with van der Waals surface area (Å²) in [5.74, 6) is -2.57. The number of benzene rings is 1. The molecule has 6 atom stereocenters. The van der Waals surface area contributed by atoms with Gasteiger partial charge in [0, 0.05) is 39.8 Å². The summed E-state index contributed by atoms with van der Waals surface area (Å²) in [7, 11) is 0. The first-order valence-corrected chi connectivity index (χ1v) is 9.88. The average Bonchev–Trinajstić information content (AvgIpc) is 2.70. The van der Waals surface area contributed by atoms with Crippen molar-refractivity contribution in [2.24, 2.45) is 0 Å². The maximum Gasteiger partial charge on any atom is 0.303 e. The summed E-state index contributed by atoms with van der Waals surface area (Å²) < 4.78 is 27.3. The van der Waals surface area contributed by atoms with E-state index < -0.39 is 59.7 Å². The third kappa shape index (κ3) is 7.68. The van der Waals surface area contributed by atoms with E-state index in [9.17, 15) is 29.6 Å². The second kappa shape index (κ2) is 11.6. The number of hydrogen-bond donors (Lipinski definition) is 3. The first-order chi connectivity index (χ1) is 15.5. The number of quaternary nitrogens is 1. The Hall–Kier alpha value is -3.26. The molecule has 1 heterocycles. The number of hydrogen-bond acceptors (Lipinski definition) is 11. The van der Waals surface area contributed by atoms with Crippen molar-refractivity contribution < 1.29 is 53.3 Å².